The fraction of sp³-hybridized carbons (Fsp3) is 0.600. The molecule has 5 N–H and O–H groups in total. The van der Waals surface area contributed by atoms with Crippen LogP contribution in [0, 0.1) is 35.5 Å². The summed E-state index contributed by atoms with van der Waals surface area (Å²) < 4.78 is 10.5. The number of ether oxygens (including phenoxy) is 2. The van der Waals surface area contributed by atoms with Gasteiger partial charge in [0.15, 0.2) is 6.29 Å². The van der Waals surface area contributed by atoms with E-state index < -0.39 is 43.4 Å². The molecule has 1 heterocycles. The van der Waals surface area contributed by atoms with Crippen molar-refractivity contribution in [1.29, 1.82) is 0 Å². The maximum atomic E-state index is 9.92. The summed E-state index contributed by atoms with van der Waals surface area (Å²) >= 11 is 0. The van der Waals surface area contributed by atoms with Gasteiger partial charge in [-0.3, -0.25) is 0 Å². The van der Waals surface area contributed by atoms with Gasteiger partial charge in [0.1, 0.15) is 24.4 Å². The molecule has 7 nitrogen and oxygen atoms in total. The van der Waals surface area contributed by atoms with Gasteiger partial charge >= 0.3 is 0 Å². The van der Waals surface area contributed by atoms with Crippen LogP contribution in [0.15, 0.2) is 12.2 Å². The monoisotopic (exact) mass is 378 g/mol. The van der Waals surface area contributed by atoms with E-state index in [1.54, 1.807) is 13.0 Å². The standard InChI is InChI=1S/C20H26O7/c1-2-3-4-5-6-7-8-9-10-11-15(22)12-13-26-20-19(25)18(24)17(23)16(14-21)27-20/h8-9,15-25H,10-14H2,1H3/b9-8+/t15-,16+,17+,18-,19+,20+/m0/s1. The van der Waals surface area contributed by atoms with Gasteiger partial charge < -0.3 is 35.0 Å². The predicted octanol–water partition coefficient (Wildman–Crippen LogP) is -1.08. The molecule has 0 amide bonds. The highest BCUT2D eigenvalue weighted by Gasteiger charge is 2.43. The highest BCUT2D eigenvalue weighted by molar-refractivity contribution is 5.37. The van der Waals surface area contributed by atoms with Crippen molar-refractivity contribution in [2.75, 3.05) is 13.2 Å². The van der Waals surface area contributed by atoms with E-state index in [1.165, 1.54) is 0 Å². The molecule has 0 bridgehead atoms. The smallest absolute Gasteiger partial charge is 0.186 e. The molecule has 0 aliphatic carbocycles. The van der Waals surface area contributed by atoms with Crippen LogP contribution in [0.1, 0.15) is 26.2 Å². The van der Waals surface area contributed by atoms with Gasteiger partial charge in [-0.05, 0) is 55.9 Å². The van der Waals surface area contributed by atoms with Gasteiger partial charge in [0.25, 0.3) is 0 Å². The first-order valence-electron chi connectivity index (χ1n) is 8.68. The van der Waals surface area contributed by atoms with Crippen molar-refractivity contribution in [3.8, 4) is 35.5 Å². The van der Waals surface area contributed by atoms with Gasteiger partial charge in [0.2, 0.25) is 0 Å². The third kappa shape index (κ3) is 8.58. The molecule has 7 heteroatoms. The van der Waals surface area contributed by atoms with Crippen LogP contribution in [0.3, 0.4) is 0 Å². The van der Waals surface area contributed by atoms with E-state index in [0.29, 0.717) is 19.3 Å². The number of aliphatic hydroxyl groups is 5. The van der Waals surface area contributed by atoms with Crippen LogP contribution < -0.4 is 0 Å². The summed E-state index contributed by atoms with van der Waals surface area (Å²) in [4.78, 5) is 0. The Balaban J connectivity index is 2.25. The second kappa shape index (κ2) is 13.3. The Morgan fingerprint density at radius 3 is 2.48 bits per heavy atom. The topological polar surface area (TPSA) is 120 Å². The predicted molar refractivity (Wildman–Crippen MR) is 97.7 cm³/mol. The minimum absolute atomic E-state index is 0.0848. The Bertz CT molecular complexity index is 638. The first-order valence-corrected chi connectivity index (χ1v) is 8.68. The number of hydrogen-bond donors (Lipinski definition) is 5. The first-order chi connectivity index (χ1) is 13.0. The third-order valence-electron chi connectivity index (χ3n) is 3.83. The Labute approximate surface area is 159 Å². The number of allylic oxidation sites excluding steroid dienone is 2. The van der Waals surface area contributed by atoms with Crippen LogP contribution in [0.2, 0.25) is 0 Å². The zero-order valence-corrected chi connectivity index (χ0v) is 15.2. The molecular weight excluding hydrogens is 352 g/mol. The van der Waals surface area contributed by atoms with E-state index in [2.05, 4.69) is 35.5 Å². The lowest BCUT2D eigenvalue weighted by molar-refractivity contribution is -0.301. The average molecular weight is 378 g/mol. The van der Waals surface area contributed by atoms with Crippen molar-refractivity contribution >= 4 is 0 Å². The van der Waals surface area contributed by atoms with Gasteiger partial charge in [-0.2, -0.15) is 0 Å². The van der Waals surface area contributed by atoms with Crippen LogP contribution in [0.25, 0.3) is 0 Å². The molecule has 0 aromatic carbocycles. The van der Waals surface area contributed by atoms with Crippen LogP contribution in [0.4, 0.5) is 0 Å². The van der Waals surface area contributed by atoms with Gasteiger partial charge in [0.05, 0.1) is 19.3 Å². The minimum Gasteiger partial charge on any atom is -0.394 e. The minimum atomic E-state index is -1.48. The molecule has 27 heavy (non-hydrogen) atoms. The lowest BCUT2D eigenvalue weighted by Gasteiger charge is -2.39. The molecule has 1 rings (SSSR count). The molecular formula is C20H26O7. The van der Waals surface area contributed by atoms with E-state index in [9.17, 15) is 20.4 Å². The quantitative estimate of drug-likeness (QED) is 0.341. The van der Waals surface area contributed by atoms with Crippen molar-refractivity contribution < 1.29 is 35.0 Å². The van der Waals surface area contributed by atoms with Crippen LogP contribution >= 0.6 is 0 Å². The number of aliphatic hydroxyl groups excluding tert-OH is 5. The normalized spacial score (nSPS) is 28.3. The third-order valence-corrected chi connectivity index (χ3v) is 3.83. The van der Waals surface area contributed by atoms with Gasteiger partial charge in [0, 0.05) is 0 Å². The van der Waals surface area contributed by atoms with Gasteiger partial charge in [-0.15, -0.1) is 0 Å². The van der Waals surface area contributed by atoms with Crippen molar-refractivity contribution in [3.63, 3.8) is 0 Å². The summed E-state index contributed by atoms with van der Waals surface area (Å²) in [5.41, 5.74) is 0. The highest BCUT2D eigenvalue weighted by atomic mass is 16.7. The van der Waals surface area contributed by atoms with Crippen LogP contribution in [-0.4, -0.2) is 75.6 Å². The van der Waals surface area contributed by atoms with E-state index in [4.69, 9.17) is 14.6 Å². The Hall–Kier alpha value is -1.86. The second-order valence-corrected chi connectivity index (χ2v) is 5.88. The van der Waals surface area contributed by atoms with Crippen molar-refractivity contribution in [2.24, 2.45) is 0 Å². The lowest BCUT2D eigenvalue weighted by Crippen LogP contribution is -2.59. The van der Waals surface area contributed by atoms with Crippen LogP contribution in [-0.2, 0) is 9.47 Å². The molecule has 0 radical (unpaired) electrons. The molecule has 0 aromatic heterocycles. The van der Waals surface area contributed by atoms with Gasteiger partial charge in [-0.25, -0.2) is 0 Å². The summed E-state index contributed by atoms with van der Waals surface area (Å²) in [5, 5.41) is 48.2. The molecule has 1 aliphatic heterocycles. The Morgan fingerprint density at radius 2 is 1.78 bits per heavy atom. The molecule has 1 saturated heterocycles. The summed E-state index contributed by atoms with van der Waals surface area (Å²) in [6, 6.07) is 0. The fourth-order valence-electron chi connectivity index (χ4n) is 2.30. The van der Waals surface area contributed by atoms with Crippen molar-refractivity contribution in [3.05, 3.63) is 12.2 Å². The van der Waals surface area contributed by atoms with Crippen molar-refractivity contribution in [1.82, 2.24) is 0 Å². The Morgan fingerprint density at radius 1 is 1.04 bits per heavy atom. The fourth-order valence-corrected chi connectivity index (χ4v) is 2.30. The van der Waals surface area contributed by atoms with Crippen molar-refractivity contribution in [2.45, 2.75) is 63.0 Å². The molecule has 6 atom stereocenters. The largest absolute Gasteiger partial charge is 0.394 e. The van der Waals surface area contributed by atoms with Crippen LogP contribution in [0.5, 0.6) is 0 Å². The second-order valence-electron chi connectivity index (χ2n) is 5.88. The summed E-state index contributed by atoms with van der Waals surface area (Å²) in [7, 11) is 0. The maximum absolute atomic E-state index is 9.92. The maximum Gasteiger partial charge on any atom is 0.186 e. The van der Waals surface area contributed by atoms with E-state index in [0.717, 1.165) is 0 Å². The molecule has 1 fully saturated rings. The molecule has 148 valence electrons. The van der Waals surface area contributed by atoms with Gasteiger partial charge in [-0.1, -0.05) is 17.9 Å². The highest BCUT2D eigenvalue weighted by Crippen LogP contribution is 2.22. The van der Waals surface area contributed by atoms with E-state index in [-0.39, 0.29) is 6.61 Å². The Kier molecular flexibility index (Phi) is 11.4. The number of rotatable bonds is 8. The summed E-state index contributed by atoms with van der Waals surface area (Å²) in [5.74, 6) is 15.7. The molecule has 0 spiro atoms. The molecule has 0 aromatic rings. The average Bonchev–Trinajstić information content (AvgIpc) is 2.66. The zero-order valence-electron chi connectivity index (χ0n) is 15.2. The molecule has 1 aliphatic rings. The van der Waals surface area contributed by atoms with E-state index in [1.807, 2.05) is 6.08 Å². The summed E-state index contributed by atoms with van der Waals surface area (Å²) in [6.45, 7) is 1.27. The number of hydrogen-bond acceptors (Lipinski definition) is 7. The molecule has 0 saturated carbocycles. The SMILES string of the molecule is CC#CC#CC#C/C=C/CC[C@H](O)CCO[C@@H]1O[C@H](CO)[C@@H](O)[C@H](O)[C@H]1O. The van der Waals surface area contributed by atoms with E-state index >= 15 is 0 Å². The molecule has 0 unspecified atom stereocenters. The summed E-state index contributed by atoms with van der Waals surface area (Å²) in [6.07, 6.45) is -2.24. The zero-order chi connectivity index (χ0) is 20.1. The lowest BCUT2D eigenvalue weighted by atomic mass is 9.99. The first kappa shape index (κ1) is 23.2.